The summed E-state index contributed by atoms with van der Waals surface area (Å²) in [6.45, 7) is 0.392. The van der Waals surface area contributed by atoms with Crippen LogP contribution >= 0.6 is 0 Å². The molecule has 0 spiro atoms. The number of fused-ring (bicyclic) bond motifs is 1. The number of nitrogens with one attached hydrogen (secondary N) is 1. The van der Waals surface area contributed by atoms with E-state index < -0.39 is 12.0 Å². The molecule has 0 bridgehead atoms. The zero-order chi connectivity index (χ0) is 19.3. The first-order chi connectivity index (χ1) is 13.0. The number of amides is 1. The minimum Gasteiger partial charge on any atom is -0.481 e. The Hall–Kier alpha value is -2.40. The lowest BCUT2D eigenvalue weighted by molar-refractivity contribution is -0.140. The van der Waals surface area contributed by atoms with Crippen molar-refractivity contribution in [1.82, 2.24) is 5.32 Å². The van der Waals surface area contributed by atoms with Crippen LogP contribution in [0.25, 0.3) is 10.8 Å². The number of carbonyl (C=O) groups excluding carboxylic acids is 1. The van der Waals surface area contributed by atoms with Crippen molar-refractivity contribution in [2.24, 2.45) is 11.1 Å². The molecule has 0 heterocycles. The van der Waals surface area contributed by atoms with Crippen molar-refractivity contribution < 1.29 is 14.7 Å². The quantitative estimate of drug-likeness (QED) is 0.699. The Morgan fingerprint density at radius 3 is 2.48 bits per heavy atom. The van der Waals surface area contributed by atoms with Gasteiger partial charge in [0.25, 0.3) is 0 Å². The van der Waals surface area contributed by atoms with Crippen molar-refractivity contribution in [2.45, 2.75) is 51.0 Å². The van der Waals surface area contributed by atoms with Gasteiger partial charge in [-0.3, -0.25) is 9.59 Å². The van der Waals surface area contributed by atoms with E-state index in [1.54, 1.807) is 0 Å². The zero-order valence-electron chi connectivity index (χ0n) is 15.6. The maximum Gasteiger partial charge on any atom is 0.303 e. The second-order valence-corrected chi connectivity index (χ2v) is 7.84. The molecule has 27 heavy (non-hydrogen) atoms. The first-order valence-corrected chi connectivity index (χ1v) is 9.70. The predicted octanol–water partition coefficient (Wildman–Crippen LogP) is 3.25. The van der Waals surface area contributed by atoms with E-state index in [1.165, 1.54) is 0 Å². The standard InChI is InChI=1S/C22H28N2O3/c23-19(13-16-8-9-17-6-2-3-7-18(17)12-16)21(27)24-15-22(14-20(25)26)10-4-1-5-11-22/h2-3,6-9,12,19H,1,4-5,10-11,13-15,23H2,(H,24,27)(H,25,26)/t19-/m1/s1. The first-order valence-electron chi connectivity index (χ1n) is 9.70. The first kappa shape index (κ1) is 19.4. The molecule has 1 atom stereocenters. The molecule has 1 saturated carbocycles. The molecule has 0 aliphatic heterocycles. The smallest absolute Gasteiger partial charge is 0.303 e. The lowest BCUT2D eigenvalue weighted by atomic mass is 9.71. The summed E-state index contributed by atoms with van der Waals surface area (Å²) in [6, 6.07) is 13.6. The Morgan fingerprint density at radius 1 is 1.07 bits per heavy atom. The third-order valence-corrected chi connectivity index (χ3v) is 5.68. The highest BCUT2D eigenvalue weighted by molar-refractivity contribution is 5.84. The molecule has 3 rings (SSSR count). The molecule has 2 aromatic rings. The van der Waals surface area contributed by atoms with Crippen molar-refractivity contribution in [3.05, 3.63) is 48.0 Å². The van der Waals surface area contributed by atoms with Gasteiger partial charge in [-0.25, -0.2) is 0 Å². The highest BCUT2D eigenvalue weighted by atomic mass is 16.4. The molecule has 144 valence electrons. The van der Waals surface area contributed by atoms with Crippen LogP contribution in [0.15, 0.2) is 42.5 Å². The van der Waals surface area contributed by atoms with Crippen molar-refractivity contribution in [3.8, 4) is 0 Å². The van der Waals surface area contributed by atoms with E-state index in [4.69, 9.17) is 5.73 Å². The van der Waals surface area contributed by atoms with Crippen LogP contribution in [-0.2, 0) is 16.0 Å². The summed E-state index contributed by atoms with van der Waals surface area (Å²) in [4.78, 5) is 23.8. The van der Waals surface area contributed by atoms with Crippen molar-refractivity contribution in [2.75, 3.05) is 6.54 Å². The van der Waals surface area contributed by atoms with Crippen LogP contribution in [0.3, 0.4) is 0 Å². The fraction of sp³-hybridized carbons (Fsp3) is 0.455. The topological polar surface area (TPSA) is 92.4 Å². The molecule has 1 fully saturated rings. The fourth-order valence-corrected chi connectivity index (χ4v) is 4.16. The van der Waals surface area contributed by atoms with Gasteiger partial charge in [-0.1, -0.05) is 61.7 Å². The minimum atomic E-state index is -0.799. The fourth-order valence-electron chi connectivity index (χ4n) is 4.16. The zero-order valence-corrected chi connectivity index (χ0v) is 15.6. The molecule has 1 aliphatic carbocycles. The molecule has 5 nitrogen and oxygen atoms in total. The maximum absolute atomic E-state index is 12.5. The Bertz CT molecular complexity index is 812. The van der Waals surface area contributed by atoms with E-state index in [0.717, 1.165) is 48.4 Å². The number of carboxylic acid groups (broad SMARTS) is 1. The van der Waals surface area contributed by atoms with E-state index in [2.05, 4.69) is 17.4 Å². The van der Waals surface area contributed by atoms with E-state index in [-0.39, 0.29) is 17.7 Å². The Labute approximate surface area is 159 Å². The van der Waals surface area contributed by atoms with E-state index in [9.17, 15) is 14.7 Å². The van der Waals surface area contributed by atoms with Crippen LogP contribution in [0.2, 0.25) is 0 Å². The average molecular weight is 368 g/mol. The van der Waals surface area contributed by atoms with Gasteiger partial charge in [0.2, 0.25) is 5.91 Å². The molecule has 1 amide bonds. The average Bonchev–Trinajstić information content (AvgIpc) is 2.66. The Morgan fingerprint density at radius 2 is 1.78 bits per heavy atom. The summed E-state index contributed by atoms with van der Waals surface area (Å²) < 4.78 is 0. The summed E-state index contributed by atoms with van der Waals surface area (Å²) >= 11 is 0. The monoisotopic (exact) mass is 368 g/mol. The largest absolute Gasteiger partial charge is 0.481 e. The molecule has 5 heteroatoms. The number of carboxylic acids is 1. The van der Waals surface area contributed by atoms with Gasteiger partial charge in [-0.15, -0.1) is 0 Å². The third kappa shape index (κ3) is 5.07. The molecule has 4 N–H and O–H groups in total. The number of aliphatic carboxylic acids is 1. The molecule has 2 aromatic carbocycles. The number of nitrogens with two attached hydrogens (primary N) is 1. The molecular weight excluding hydrogens is 340 g/mol. The molecular formula is C22H28N2O3. The summed E-state index contributed by atoms with van der Waals surface area (Å²) in [5, 5.41) is 14.5. The molecule has 0 saturated heterocycles. The summed E-state index contributed by atoms with van der Waals surface area (Å²) in [6.07, 6.45) is 5.43. The third-order valence-electron chi connectivity index (χ3n) is 5.68. The number of hydrogen-bond donors (Lipinski definition) is 3. The summed E-state index contributed by atoms with van der Waals surface area (Å²) in [5.41, 5.74) is 6.82. The SMILES string of the molecule is N[C@H](Cc1ccc2ccccc2c1)C(=O)NCC1(CC(=O)O)CCCCC1. The number of benzene rings is 2. The molecule has 0 aromatic heterocycles. The van der Waals surface area contributed by atoms with E-state index in [1.807, 2.05) is 30.3 Å². The Kier molecular flexibility index (Phi) is 6.11. The van der Waals surface area contributed by atoms with Gasteiger partial charge in [0, 0.05) is 6.54 Å². The highest BCUT2D eigenvalue weighted by Gasteiger charge is 2.35. The van der Waals surface area contributed by atoms with Crippen LogP contribution in [-0.4, -0.2) is 29.6 Å². The second kappa shape index (κ2) is 8.53. The lowest BCUT2D eigenvalue weighted by Crippen LogP contribution is -2.47. The van der Waals surface area contributed by atoms with Crippen molar-refractivity contribution in [1.29, 1.82) is 0 Å². The van der Waals surface area contributed by atoms with Crippen LogP contribution < -0.4 is 11.1 Å². The molecule has 1 aliphatic rings. The van der Waals surface area contributed by atoms with Gasteiger partial charge in [-0.2, -0.15) is 0 Å². The van der Waals surface area contributed by atoms with E-state index >= 15 is 0 Å². The summed E-state index contributed by atoms with van der Waals surface area (Å²) in [7, 11) is 0. The number of rotatable bonds is 7. The van der Waals surface area contributed by atoms with Crippen LogP contribution in [0.4, 0.5) is 0 Å². The lowest BCUT2D eigenvalue weighted by Gasteiger charge is -2.36. The maximum atomic E-state index is 12.5. The van der Waals surface area contributed by atoms with Gasteiger partial charge in [0.15, 0.2) is 0 Å². The molecule has 0 unspecified atom stereocenters. The minimum absolute atomic E-state index is 0.104. The van der Waals surface area contributed by atoms with Gasteiger partial charge < -0.3 is 16.2 Å². The number of hydrogen-bond acceptors (Lipinski definition) is 3. The Balaban J connectivity index is 1.59. The van der Waals surface area contributed by atoms with Crippen LogP contribution in [0, 0.1) is 5.41 Å². The summed E-state index contributed by atoms with van der Waals surface area (Å²) in [5.74, 6) is -1.01. The van der Waals surface area contributed by atoms with Crippen LogP contribution in [0.1, 0.15) is 44.1 Å². The number of carbonyl (C=O) groups is 2. The normalized spacial score (nSPS) is 17.4. The molecule has 0 radical (unpaired) electrons. The van der Waals surface area contributed by atoms with E-state index in [0.29, 0.717) is 13.0 Å². The van der Waals surface area contributed by atoms with Crippen molar-refractivity contribution in [3.63, 3.8) is 0 Å². The van der Waals surface area contributed by atoms with Gasteiger partial charge in [0.1, 0.15) is 0 Å². The second-order valence-electron chi connectivity index (χ2n) is 7.84. The van der Waals surface area contributed by atoms with Crippen molar-refractivity contribution >= 4 is 22.6 Å². The van der Waals surface area contributed by atoms with Gasteiger partial charge in [0.05, 0.1) is 12.5 Å². The van der Waals surface area contributed by atoms with Gasteiger partial charge >= 0.3 is 5.97 Å². The van der Waals surface area contributed by atoms with Gasteiger partial charge in [-0.05, 0) is 41.0 Å². The highest BCUT2D eigenvalue weighted by Crippen LogP contribution is 2.38. The van der Waals surface area contributed by atoms with Crippen LogP contribution in [0.5, 0.6) is 0 Å². The predicted molar refractivity (Wildman–Crippen MR) is 106 cm³/mol.